The Morgan fingerprint density at radius 1 is 1.31 bits per heavy atom. The van der Waals surface area contributed by atoms with E-state index >= 15 is 4.39 Å². The van der Waals surface area contributed by atoms with Crippen LogP contribution in [0.15, 0.2) is 23.8 Å². The number of ether oxygens (including phenoxy) is 3. The first kappa shape index (κ1) is 28.8. The van der Waals surface area contributed by atoms with Crippen LogP contribution in [-0.4, -0.2) is 83.9 Å². The molecule has 1 aliphatic heterocycles. The summed E-state index contributed by atoms with van der Waals surface area (Å²) in [7, 11) is 1.58. The number of hydrogen-bond acceptors (Lipinski definition) is 8. The second kappa shape index (κ2) is 10.3. The minimum atomic E-state index is -1.42. The van der Waals surface area contributed by atoms with Crippen molar-refractivity contribution >= 4 is 30.3 Å². The third-order valence-corrected chi connectivity index (χ3v) is 10.5. The van der Waals surface area contributed by atoms with Crippen molar-refractivity contribution in [2.24, 2.45) is 28.6 Å². The monoisotopic (exact) mass is 565 g/mol. The van der Waals surface area contributed by atoms with Crippen LogP contribution in [0.4, 0.5) is 9.18 Å². The maximum absolute atomic E-state index is 15.7. The van der Waals surface area contributed by atoms with Crippen LogP contribution in [0.2, 0.25) is 0 Å². The van der Waals surface area contributed by atoms with Crippen molar-refractivity contribution in [1.29, 1.82) is 0 Å². The van der Waals surface area contributed by atoms with E-state index in [1.54, 1.807) is 13.1 Å². The number of hydrogen-bond donors (Lipinski definition) is 2. The first-order valence-corrected chi connectivity index (χ1v) is 14.7. The number of amides is 1. The van der Waals surface area contributed by atoms with Gasteiger partial charge in [-0.05, 0) is 55.2 Å². The molecule has 0 aromatic rings. The standard InChI is InChI=1S/C29H40FNO7S/c1-5-6-24-37-23-13-18-17-12-20(30)19-11-16(32)7-8-27(19,2)25(17)21(33)14-28(18,3)29(23,38-24)22(34)15-36-26(35)31(4)9-10-39/h7-8,11,17-18,20-21,23-25,33,39H,5-6,9-10,12-15H2,1-4H3/t17-,18-,20-,21-,23+,24?,25+,27-,28-,29+/m0/s1. The second-order valence-electron chi connectivity index (χ2n) is 12.4. The Morgan fingerprint density at radius 3 is 2.74 bits per heavy atom. The van der Waals surface area contributed by atoms with E-state index in [-0.39, 0.29) is 36.4 Å². The normalized spacial score (nSPS) is 44.1. The summed E-state index contributed by atoms with van der Waals surface area (Å²) in [6.07, 6.45) is 2.88. The molecule has 8 nitrogen and oxygen atoms in total. The number of ketones is 2. The summed E-state index contributed by atoms with van der Waals surface area (Å²) in [6.45, 7) is 5.74. The minimum Gasteiger partial charge on any atom is -0.441 e. The van der Waals surface area contributed by atoms with Gasteiger partial charge in [-0.3, -0.25) is 9.59 Å². The number of allylic oxidation sites excluding steroid dienone is 4. The smallest absolute Gasteiger partial charge is 0.409 e. The number of aliphatic hydroxyl groups excluding tert-OH is 1. The average Bonchev–Trinajstić information content (AvgIpc) is 3.35. The molecule has 0 bridgehead atoms. The Hall–Kier alpha value is -1.75. The first-order valence-electron chi connectivity index (χ1n) is 14.1. The third kappa shape index (κ3) is 4.23. The van der Waals surface area contributed by atoms with Gasteiger partial charge in [0.25, 0.3) is 0 Å². The van der Waals surface area contributed by atoms with Crippen LogP contribution in [0.3, 0.4) is 0 Å². The molecular weight excluding hydrogens is 525 g/mol. The molecule has 216 valence electrons. The molecular formula is C29H40FNO7S. The van der Waals surface area contributed by atoms with Crippen molar-refractivity contribution in [3.05, 3.63) is 23.8 Å². The molecule has 1 N–H and O–H groups in total. The lowest BCUT2D eigenvalue weighted by molar-refractivity contribution is -0.202. The van der Waals surface area contributed by atoms with Crippen molar-refractivity contribution in [3.8, 4) is 0 Å². The zero-order chi connectivity index (χ0) is 28.3. The molecule has 39 heavy (non-hydrogen) atoms. The van der Waals surface area contributed by atoms with E-state index in [2.05, 4.69) is 12.6 Å². The topological polar surface area (TPSA) is 102 Å². The molecule has 5 aliphatic rings. The molecule has 0 aromatic heterocycles. The van der Waals surface area contributed by atoms with E-state index in [1.165, 1.54) is 17.1 Å². The summed E-state index contributed by atoms with van der Waals surface area (Å²) in [5.74, 6) is -0.925. The number of nitrogens with zero attached hydrogens (tertiary/aromatic N) is 1. The number of aliphatic hydroxyl groups is 1. The predicted octanol–water partition coefficient (Wildman–Crippen LogP) is 3.67. The average molecular weight is 566 g/mol. The predicted molar refractivity (Wildman–Crippen MR) is 144 cm³/mol. The number of rotatable bonds is 7. The Morgan fingerprint density at radius 2 is 2.05 bits per heavy atom. The van der Waals surface area contributed by atoms with E-state index in [0.29, 0.717) is 30.7 Å². The lowest BCUT2D eigenvalue weighted by atomic mass is 9.46. The van der Waals surface area contributed by atoms with Crippen molar-refractivity contribution < 1.29 is 38.1 Å². The molecule has 0 aromatic carbocycles. The zero-order valence-electron chi connectivity index (χ0n) is 23.1. The summed E-state index contributed by atoms with van der Waals surface area (Å²) in [6, 6.07) is 0. The molecule has 1 amide bonds. The molecule has 3 saturated carbocycles. The number of alkyl halides is 1. The Labute approximate surface area is 234 Å². The minimum absolute atomic E-state index is 0.156. The Balaban J connectivity index is 1.49. The van der Waals surface area contributed by atoms with E-state index in [4.69, 9.17) is 14.2 Å². The van der Waals surface area contributed by atoms with Gasteiger partial charge in [-0.15, -0.1) is 0 Å². The van der Waals surface area contributed by atoms with Crippen molar-refractivity contribution in [2.45, 2.75) is 83.1 Å². The lowest BCUT2D eigenvalue weighted by Gasteiger charge is -2.60. The summed E-state index contributed by atoms with van der Waals surface area (Å²) >= 11 is 4.14. The van der Waals surface area contributed by atoms with Gasteiger partial charge in [-0.2, -0.15) is 12.6 Å². The van der Waals surface area contributed by atoms with E-state index in [0.717, 1.165) is 6.42 Å². The van der Waals surface area contributed by atoms with Crippen LogP contribution in [0, 0.1) is 28.6 Å². The van der Waals surface area contributed by atoms with Crippen LogP contribution in [0.5, 0.6) is 0 Å². The molecule has 5 rings (SSSR count). The maximum Gasteiger partial charge on any atom is 0.409 e. The number of fused-ring (bicyclic) bond motifs is 7. The van der Waals surface area contributed by atoms with Crippen molar-refractivity contribution in [2.75, 3.05) is 26.0 Å². The van der Waals surface area contributed by atoms with Crippen LogP contribution in [0.1, 0.15) is 52.9 Å². The highest BCUT2D eigenvalue weighted by Gasteiger charge is 2.76. The lowest BCUT2D eigenvalue weighted by Crippen LogP contribution is -2.64. The molecule has 0 radical (unpaired) electrons. The van der Waals surface area contributed by atoms with Crippen LogP contribution < -0.4 is 0 Å². The quantitative estimate of drug-likeness (QED) is 0.454. The third-order valence-electron chi connectivity index (χ3n) is 10.3. The highest BCUT2D eigenvalue weighted by Crippen LogP contribution is 2.70. The number of halogens is 1. The molecule has 10 heteroatoms. The van der Waals surface area contributed by atoms with Gasteiger partial charge in [0.15, 0.2) is 24.3 Å². The fraction of sp³-hybridized carbons (Fsp3) is 0.759. The summed E-state index contributed by atoms with van der Waals surface area (Å²) in [4.78, 5) is 40.0. The Bertz CT molecular complexity index is 1100. The van der Waals surface area contributed by atoms with Crippen molar-refractivity contribution in [1.82, 2.24) is 4.90 Å². The molecule has 1 heterocycles. The van der Waals surface area contributed by atoms with E-state index in [1.807, 2.05) is 20.8 Å². The van der Waals surface area contributed by atoms with Gasteiger partial charge in [-0.1, -0.05) is 33.3 Å². The summed E-state index contributed by atoms with van der Waals surface area (Å²) in [5.41, 5.74) is -2.67. The van der Waals surface area contributed by atoms with Crippen LogP contribution in [-0.2, 0) is 23.8 Å². The number of carbonyl (C=O) groups is 3. The highest BCUT2D eigenvalue weighted by molar-refractivity contribution is 7.80. The molecule has 0 spiro atoms. The number of Topliss-reactive ketones (excluding diaryl/α,β-unsaturated/α-hetero) is 1. The number of carbonyl (C=O) groups excluding carboxylic acids is 3. The van der Waals surface area contributed by atoms with Crippen molar-refractivity contribution in [3.63, 3.8) is 0 Å². The van der Waals surface area contributed by atoms with Crippen LogP contribution >= 0.6 is 12.6 Å². The van der Waals surface area contributed by atoms with Gasteiger partial charge < -0.3 is 24.2 Å². The van der Waals surface area contributed by atoms with E-state index in [9.17, 15) is 19.5 Å². The molecule has 1 saturated heterocycles. The molecule has 10 atom stereocenters. The molecule has 1 unspecified atom stereocenters. The highest BCUT2D eigenvalue weighted by atomic mass is 32.1. The van der Waals surface area contributed by atoms with Gasteiger partial charge in [0.2, 0.25) is 5.78 Å². The zero-order valence-corrected chi connectivity index (χ0v) is 24.0. The first-order chi connectivity index (χ1) is 18.4. The fourth-order valence-corrected chi connectivity index (χ4v) is 8.90. The fourth-order valence-electron chi connectivity index (χ4n) is 8.60. The van der Waals surface area contributed by atoms with Gasteiger partial charge in [0.1, 0.15) is 6.17 Å². The number of thiol groups is 1. The maximum atomic E-state index is 15.7. The summed E-state index contributed by atoms with van der Waals surface area (Å²) < 4.78 is 34.0. The van der Waals surface area contributed by atoms with E-state index < -0.39 is 59.6 Å². The van der Waals surface area contributed by atoms with Gasteiger partial charge in [-0.25, -0.2) is 9.18 Å². The molecule has 4 fully saturated rings. The summed E-state index contributed by atoms with van der Waals surface area (Å²) in [5, 5.41) is 11.7. The van der Waals surface area contributed by atoms with Gasteiger partial charge in [0, 0.05) is 36.1 Å². The van der Waals surface area contributed by atoms with Gasteiger partial charge >= 0.3 is 6.09 Å². The van der Waals surface area contributed by atoms with Crippen LogP contribution in [0.25, 0.3) is 0 Å². The SMILES string of the molecule is CCCC1O[C@@H]2C[C@H]3[C@@H]4C[C@H](F)C5=CC(=O)C=C[C@]5(C)[C@H]4[C@@H](O)C[C@]3(C)[C@]2(C(=O)COC(=O)N(C)CCS)O1. The largest absolute Gasteiger partial charge is 0.441 e. The second-order valence-corrected chi connectivity index (χ2v) is 12.8. The van der Waals surface area contributed by atoms with Gasteiger partial charge in [0.05, 0.1) is 12.2 Å². The Kier molecular flexibility index (Phi) is 7.57. The molecule has 4 aliphatic carbocycles.